The van der Waals surface area contributed by atoms with E-state index in [0.29, 0.717) is 19.3 Å². The Labute approximate surface area is 505 Å². The zero-order valence-electron chi connectivity index (χ0n) is 52.7. The Bertz CT molecular complexity index is 1760. The number of hydrogen-bond donors (Lipinski definition) is 3. The predicted molar refractivity (Wildman–Crippen MR) is 340 cm³/mol. The van der Waals surface area contributed by atoms with Gasteiger partial charge in [0.15, 0.2) is 24.6 Å². The van der Waals surface area contributed by atoms with Gasteiger partial charge in [0.1, 0.15) is 18.8 Å². The normalized spacial score (nSPS) is 18.1. The molecule has 0 aromatic rings. The third kappa shape index (κ3) is 47.8. The van der Waals surface area contributed by atoms with Crippen molar-refractivity contribution in [2.45, 2.75) is 327 Å². The van der Waals surface area contributed by atoms with Crippen LogP contribution in [-0.4, -0.2) is 89.2 Å². The lowest BCUT2D eigenvalue weighted by Crippen LogP contribution is -2.61. The quantitative estimate of drug-likeness (QED) is 0.0228. The molecule has 0 aliphatic carbocycles. The van der Waals surface area contributed by atoms with Gasteiger partial charge in [-0.1, -0.05) is 241 Å². The zero-order chi connectivity index (χ0) is 60.3. The smallest absolute Gasteiger partial charge is 0.335 e. The summed E-state index contributed by atoms with van der Waals surface area (Å²) in [6, 6.07) is 0. The predicted octanol–water partition coefficient (Wildman–Crippen LogP) is 18.2. The Kier molecular flexibility index (Phi) is 54.0. The second kappa shape index (κ2) is 58.3. The maximum Gasteiger partial charge on any atom is 0.335 e. The topological polar surface area (TPSA) is 175 Å². The monoisotopic (exact) mass is 1160 g/mol. The maximum atomic E-state index is 13.2. The van der Waals surface area contributed by atoms with Crippen LogP contribution in [0.3, 0.4) is 0 Å². The number of allylic oxidation sites excluding steroid dienone is 14. The van der Waals surface area contributed by atoms with Crippen LogP contribution in [0.2, 0.25) is 0 Å². The Balaban J connectivity index is 2.65. The Morgan fingerprint density at radius 3 is 1.19 bits per heavy atom. The molecule has 0 spiro atoms. The summed E-state index contributed by atoms with van der Waals surface area (Å²) in [6.07, 6.45) is 63.9. The highest BCUT2D eigenvalue weighted by Crippen LogP contribution is 2.27. The second-order valence-electron chi connectivity index (χ2n) is 22.7. The molecule has 1 saturated heterocycles. The zero-order valence-corrected chi connectivity index (χ0v) is 52.7. The Morgan fingerprint density at radius 2 is 0.759 bits per heavy atom. The second-order valence-corrected chi connectivity index (χ2v) is 22.7. The molecule has 1 aliphatic heterocycles. The van der Waals surface area contributed by atoms with Crippen LogP contribution in [0.25, 0.3) is 0 Å². The molecule has 83 heavy (non-hydrogen) atoms. The fraction of sp³-hybridized carbons (Fsp3) is 0.746. The van der Waals surface area contributed by atoms with Crippen LogP contribution in [-0.2, 0) is 42.9 Å². The number of aliphatic hydroxyl groups excluding tert-OH is 2. The van der Waals surface area contributed by atoms with E-state index in [9.17, 15) is 34.5 Å². The van der Waals surface area contributed by atoms with Crippen molar-refractivity contribution in [1.82, 2.24) is 0 Å². The van der Waals surface area contributed by atoms with E-state index in [0.717, 1.165) is 135 Å². The first-order valence-corrected chi connectivity index (χ1v) is 33.6. The van der Waals surface area contributed by atoms with Gasteiger partial charge in [0.05, 0.1) is 6.61 Å². The van der Waals surface area contributed by atoms with E-state index in [2.05, 4.69) is 106 Å². The highest BCUT2D eigenvalue weighted by Gasteiger charge is 2.50. The van der Waals surface area contributed by atoms with Gasteiger partial charge in [-0.05, 0) is 116 Å². The summed E-state index contributed by atoms with van der Waals surface area (Å²) in [5.41, 5.74) is 0. The van der Waals surface area contributed by atoms with Crippen LogP contribution in [0.4, 0.5) is 0 Å². The molecule has 0 bridgehead atoms. The average Bonchev–Trinajstić information content (AvgIpc) is 3.60. The van der Waals surface area contributed by atoms with Gasteiger partial charge >= 0.3 is 23.9 Å². The molecular formula is C71H120O12. The van der Waals surface area contributed by atoms with Crippen molar-refractivity contribution < 1.29 is 58.2 Å². The molecule has 1 fully saturated rings. The molecule has 0 radical (unpaired) electrons. The molecule has 1 heterocycles. The Hall–Kier alpha value is -4.10. The fourth-order valence-corrected chi connectivity index (χ4v) is 9.80. The van der Waals surface area contributed by atoms with E-state index in [1.807, 2.05) is 0 Å². The van der Waals surface area contributed by atoms with Crippen LogP contribution >= 0.6 is 0 Å². The van der Waals surface area contributed by atoms with E-state index in [4.69, 9.17) is 23.7 Å². The first-order valence-electron chi connectivity index (χ1n) is 33.6. The average molecular weight is 1170 g/mol. The number of aliphatic hydroxyl groups is 2. The summed E-state index contributed by atoms with van der Waals surface area (Å²) in [7, 11) is 0. The van der Waals surface area contributed by atoms with E-state index in [-0.39, 0.29) is 25.9 Å². The number of carboxylic acids is 1. The lowest BCUT2D eigenvalue weighted by Gasteiger charge is -2.40. The van der Waals surface area contributed by atoms with Crippen molar-refractivity contribution in [3.63, 3.8) is 0 Å². The first-order chi connectivity index (χ1) is 40.6. The van der Waals surface area contributed by atoms with Crippen molar-refractivity contribution in [2.24, 2.45) is 0 Å². The lowest BCUT2D eigenvalue weighted by atomic mass is 9.98. The third-order valence-corrected chi connectivity index (χ3v) is 14.9. The molecule has 0 amide bonds. The number of carbonyl (C=O) groups excluding carboxylic acids is 3. The van der Waals surface area contributed by atoms with Crippen LogP contribution in [0.15, 0.2) is 85.1 Å². The summed E-state index contributed by atoms with van der Waals surface area (Å²) in [4.78, 5) is 51.4. The van der Waals surface area contributed by atoms with Gasteiger partial charge in [-0.25, -0.2) is 4.79 Å². The number of unbranched alkanes of at least 4 members (excludes halogenated alkanes) is 29. The molecule has 1 aliphatic rings. The van der Waals surface area contributed by atoms with Crippen molar-refractivity contribution >= 4 is 23.9 Å². The minimum absolute atomic E-state index is 0.0408. The summed E-state index contributed by atoms with van der Waals surface area (Å²) >= 11 is 0. The molecule has 0 aromatic carbocycles. The van der Waals surface area contributed by atoms with Crippen LogP contribution in [0, 0.1) is 0 Å². The SMILES string of the molecule is CC/C=C\C/C=C\C/C=C\C/C=C\CCCCCCCCC(=O)OC1C(OCC(COC(=O)CCCCCCCCCCC/C=C\C/C=C\CCCCC)OC(=O)CCCCCCC/C=C\CCCCCCCC)OC(C(=O)O)C(O)C1O. The molecule has 1 rings (SSSR count). The highest BCUT2D eigenvalue weighted by molar-refractivity contribution is 5.74. The van der Waals surface area contributed by atoms with Crippen molar-refractivity contribution in [2.75, 3.05) is 13.2 Å². The molecule has 12 nitrogen and oxygen atoms in total. The van der Waals surface area contributed by atoms with E-state index < -0.39 is 67.3 Å². The summed E-state index contributed by atoms with van der Waals surface area (Å²) in [5.74, 6) is -3.14. The van der Waals surface area contributed by atoms with Gasteiger partial charge in [0.2, 0.25) is 0 Å². The van der Waals surface area contributed by atoms with Gasteiger partial charge in [-0.15, -0.1) is 0 Å². The van der Waals surface area contributed by atoms with E-state index >= 15 is 0 Å². The number of hydrogen-bond acceptors (Lipinski definition) is 11. The molecule has 0 aromatic heterocycles. The number of carboxylic acid groups (broad SMARTS) is 1. The summed E-state index contributed by atoms with van der Waals surface area (Å²) in [5, 5.41) is 31.6. The van der Waals surface area contributed by atoms with Crippen LogP contribution < -0.4 is 0 Å². The Morgan fingerprint density at radius 1 is 0.410 bits per heavy atom. The molecule has 476 valence electrons. The van der Waals surface area contributed by atoms with Crippen molar-refractivity contribution in [3.05, 3.63) is 85.1 Å². The number of carbonyl (C=O) groups is 4. The largest absolute Gasteiger partial charge is 0.479 e. The standard InChI is InChI=1S/C71H120O12/c1-4-7-10-13-16-19-22-25-28-30-32-34-37-39-42-45-48-51-54-57-63(72)79-60-62(81-64(73)58-55-52-49-46-43-40-36-27-24-21-18-15-12-9-6-3)61-80-71-69(67(76)66(75)68(83-71)70(77)78)82-65(74)59-56-53-50-47-44-41-38-35-33-31-29-26-23-20-17-14-11-8-5-2/h8,11,16-17,19-20,25-29,33,35-36,62,66-69,71,75-76H,4-7,9-10,12-15,18,21-24,30-32,34,37-61H2,1-3H3,(H,77,78)/b11-8-,19-16-,20-17-,28-25-,29-26-,35-33-,36-27-. The van der Waals surface area contributed by atoms with Crippen molar-refractivity contribution in [3.8, 4) is 0 Å². The minimum Gasteiger partial charge on any atom is -0.479 e. The molecular weight excluding hydrogens is 1040 g/mol. The van der Waals surface area contributed by atoms with Crippen LogP contribution in [0.1, 0.15) is 290 Å². The minimum atomic E-state index is -1.91. The maximum absolute atomic E-state index is 13.2. The number of rotatable bonds is 57. The van der Waals surface area contributed by atoms with Gasteiger partial charge in [-0.3, -0.25) is 14.4 Å². The number of esters is 3. The van der Waals surface area contributed by atoms with Gasteiger partial charge in [-0.2, -0.15) is 0 Å². The lowest BCUT2D eigenvalue weighted by molar-refractivity contribution is -0.301. The van der Waals surface area contributed by atoms with Gasteiger partial charge < -0.3 is 39.0 Å². The van der Waals surface area contributed by atoms with Gasteiger partial charge in [0, 0.05) is 19.3 Å². The van der Waals surface area contributed by atoms with Crippen LogP contribution in [0.5, 0.6) is 0 Å². The number of ether oxygens (including phenoxy) is 5. The van der Waals surface area contributed by atoms with E-state index in [1.54, 1.807) is 0 Å². The first kappa shape index (κ1) is 76.9. The fourth-order valence-electron chi connectivity index (χ4n) is 9.80. The molecule has 3 N–H and O–H groups in total. The van der Waals surface area contributed by atoms with Gasteiger partial charge in [0.25, 0.3) is 0 Å². The van der Waals surface area contributed by atoms with E-state index in [1.165, 1.54) is 96.3 Å². The summed E-state index contributed by atoms with van der Waals surface area (Å²) in [6.45, 7) is 5.87. The third-order valence-electron chi connectivity index (χ3n) is 14.9. The molecule has 12 heteroatoms. The van der Waals surface area contributed by atoms with Crippen molar-refractivity contribution in [1.29, 1.82) is 0 Å². The molecule has 6 atom stereocenters. The highest BCUT2D eigenvalue weighted by atomic mass is 16.7. The summed E-state index contributed by atoms with van der Waals surface area (Å²) < 4.78 is 28.6. The number of aliphatic carboxylic acids is 1. The molecule has 6 unspecified atom stereocenters. The molecule has 0 saturated carbocycles.